The predicted molar refractivity (Wildman–Crippen MR) is 272 cm³/mol. The summed E-state index contributed by atoms with van der Waals surface area (Å²) in [6.45, 7) is 28.3. The van der Waals surface area contributed by atoms with Crippen LogP contribution in [0.2, 0.25) is 0 Å². The molecule has 0 aromatic heterocycles. The highest BCUT2D eigenvalue weighted by molar-refractivity contribution is 5.34. The maximum Gasteiger partial charge on any atom is 0.0936 e. The number of rotatable bonds is 33. The molecule has 368 valence electrons. The minimum atomic E-state index is 0.0347. The first kappa shape index (κ1) is 53.6. The van der Waals surface area contributed by atoms with Gasteiger partial charge in [0.2, 0.25) is 0 Å². The van der Waals surface area contributed by atoms with Gasteiger partial charge in [-0.25, -0.2) is 0 Å². The second-order valence-electron chi connectivity index (χ2n) is 22.1. The fraction of sp³-hybridized carbons (Fsp3) is 0.877. The molecule has 0 spiro atoms. The van der Waals surface area contributed by atoms with Gasteiger partial charge in [0.05, 0.1) is 50.8 Å². The van der Waals surface area contributed by atoms with Crippen LogP contribution in [0, 0.1) is 40.4 Å². The number of nitrogens with one attached hydrogen (secondary N) is 1. The topological polar surface area (TPSA) is 64.5 Å². The van der Waals surface area contributed by atoms with E-state index in [9.17, 15) is 0 Å². The first-order valence-electron chi connectivity index (χ1n) is 27.5. The Morgan fingerprint density at radius 3 is 2.27 bits per heavy atom. The van der Waals surface area contributed by atoms with Gasteiger partial charge in [0.15, 0.2) is 0 Å². The molecule has 3 saturated carbocycles. The van der Waals surface area contributed by atoms with Gasteiger partial charge in [0.1, 0.15) is 0 Å². The minimum Gasteiger partial charge on any atom is -0.379 e. The van der Waals surface area contributed by atoms with Crippen molar-refractivity contribution in [1.82, 2.24) is 10.2 Å². The molecule has 1 N–H and O–H groups in total. The van der Waals surface area contributed by atoms with E-state index in [0.29, 0.717) is 51.0 Å². The predicted octanol–water partition coefficient (Wildman–Crippen LogP) is 13.4. The first-order valence-corrected chi connectivity index (χ1v) is 27.5. The second kappa shape index (κ2) is 28.9. The van der Waals surface area contributed by atoms with Crippen molar-refractivity contribution in [3.05, 3.63) is 36.0 Å². The highest BCUT2D eigenvalue weighted by Gasteiger charge is 2.67. The van der Waals surface area contributed by atoms with Crippen molar-refractivity contribution in [1.29, 1.82) is 0 Å². The van der Waals surface area contributed by atoms with Crippen LogP contribution in [0.1, 0.15) is 189 Å². The SMILES string of the molecule is C=NC12CCC(C(C)CCCC(C)C)C1(C)CCC1C2CC=C2CC(OCCOCCOC(COCCCCCCCCC=CCC=CCCCCC)CN3CCNCC3)CCC21C. The Kier molecular flexibility index (Phi) is 24.2. The Bertz CT molecular complexity index is 1380. The normalized spacial score (nSPS) is 30.7. The van der Waals surface area contributed by atoms with Gasteiger partial charge >= 0.3 is 0 Å². The monoisotopic (exact) mass is 892 g/mol. The number of unbranched alkanes of at least 4 members (excludes halogenated alkanes) is 9. The van der Waals surface area contributed by atoms with Crippen molar-refractivity contribution in [3.63, 3.8) is 0 Å². The van der Waals surface area contributed by atoms with Crippen LogP contribution in [0.15, 0.2) is 40.9 Å². The van der Waals surface area contributed by atoms with Crippen molar-refractivity contribution >= 4 is 6.72 Å². The molecule has 9 unspecified atom stereocenters. The Balaban J connectivity index is 0.940. The van der Waals surface area contributed by atoms with Gasteiger partial charge in [-0.15, -0.1) is 0 Å². The molecule has 0 aromatic rings. The van der Waals surface area contributed by atoms with Crippen LogP contribution >= 0.6 is 0 Å². The van der Waals surface area contributed by atoms with Gasteiger partial charge in [-0.1, -0.05) is 135 Å². The molecule has 9 atom stereocenters. The van der Waals surface area contributed by atoms with E-state index in [2.05, 4.69) is 88.9 Å². The smallest absolute Gasteiger partial charge is 0.0936 e. The molecule has 0 radical (unpaired) electrons. The van der Waals surface area contributed by atoms with Gasteiger partial charge in [0, 0.05) is 39.3 Å². The van der Waals surface area contributed by atoms with Crippen LogP contribution < -0.4 is 5.32 Å². The summed E-state index contributed by atoms with van der Waals surface area (Å²) in [4.78, 5) is 7.75. The number of fused-ring (bicyclic) bond motifs is 5. The van der Waals surface area contributed by atoms with Gasteiger partial charge in [-0.3, -0.25) is 9.89 Å². The zero-order valence-electron chi connectivity index (χ0n) is 42.7. The number of hydrogen-bond donors (Lipinski definition) is 1. The van der Waals surface area contributed by atoms with Gasteiger partial charge < -0.3 is 24.3 Å². The molecule has 4 aliphatic carbocycles. The van der Waals surface area contributed by atoms with E-state index in [4.69, 9.17) is 23.9 Å². The van der Waals surface area contributed by atoms with Crippen molar-refractivity contribution in [2.24, 2.45) is 45.4 Å². The van der Waals surface area contributed by atoms with Gasteiger partial charge in [-0.2, -0.15) is 0 Å². The first-order chi connectivity index (χ1) is 31.2. The summed E-state index contributed by atoms with van der Waals surface area (Å²) < 4.78 is 25.2. The molecule has 0 aromatic carbocycles. The van der Waals surface area contributed by atoms with Crippen molar-refractivity contribution in [3.8, 4) is 0 Å². The van der Waals surface area contributed by atoms with Gasteiger partial charge in [0.25, 0.3) is 0 Å². The molecule has 7 nitrogen and oxygen atoms in total. The highest BCUT2D eigenvalue weighted by Crippen LogP contribution is 2.70. The lowest BCUT2D eigenvalue weighted by Gasteiger charge is -2.62. The van der Waals surface area contributed by atoms with Crippen LogP contribution in [0.5, 0.6) is 0 Å². The summed E-state index contributed by atoms with van der Waals surface area (Å²) in [5.41, 5.74) is 2.25. The average molecular weight is 892 g/mol. The van der Waals surface area contributed by atoms with Crippen molar-refractivity contribution in [2.45, 2.75) is 207 Å². The van der Waals surface area contributed by atoms with Crippen LogP contribution in [0.3, 0.4) is 0 Å². The summed E-state index contributed by atoms with van der Waals surface area (Å²) in [6, 6.07) is 0. The molecule has 5 aliphatic rings. The molecule has 64 heavy (non-hydrogen) atoms. The van der Waals surface area contributed by atoms with E-state index >= 15 is 0 Å². The van der Waals surface area contributed by atoms with Crippen LogP contribution in [-0.4, -0.2) is 102 Å². The largest absolute Gasteiger partial charge is 0.379 e. The number of aliphatic imine (C=N–C) groups is 1. The summed E-state index contributed by atoms with van der Waals surface area (Å²) in [7, 11) is 0. The van der Waals surface area contributed by atoms with Crippen LogP contribution in [0.4, 0.5) is 0 Å². The summed E-state index contributed by atoms with van der Waals surface area (Å²) >= 11 is 0. The lowest BCUT2D eigenvalue weighted by atomic mass is 9.44. The quantitative estimate of drug-likeness (QED) is 0.0402. The zero-order chi connectivity index (χ0) is 45.5. The van der Waals surface area contributed by atoms with E-state index in [1.807, 2.05) is 0 Å². The van der Waals surface area contributed by atoms with E-state index in [-0.39, 0.29) is 22.5 Å². The molecule has 0 bridgehead atoms. The van der Waals surface area contributed by atoms with Crippen molar-refractivity contribution < 1.29 is 18.9 Å². The number of piperazine rings is 1. The third-order valence-electron chi connectivity index (χ3n) is 17.4. The van der Waals surface area contributed by atoms with Crippen LogP contribution in [0.25, 0.3) is 0 Å². The molecular weight excluding hydrogens is 791 g/mol. The summed E-state index contributed by atoms with van der Waals surface area (Å²) in [6.07, 6.45) is 41.6. The average Bonchev–Trinajstić information content (AvgIpc) is 3.61. The van der Waals surface area contributed by atoms with Crippen molar-refractivity contribution in [2.75, 3.05) is 72.4 Å². The van der Waals surface area contributed by atoms with Gasteiger partial charge in [-0.05, 0) is 137 Å². The molecule has 1 saturated heterocycles. The fourth-order valence-electron chi connectivity index (χ4n) is 13.5. The van der Waals surface area contributed by atoms with E-state index in [0.717, 1.165) is 82.8 Å². The summed E-state index contributed by atoms with van der Waals surface area (Å²) in [5, 5.41) is 3.48. The van der Waals surface area contributed by atoms with E-state index in [1.165, 1.54) is 122 Å². The fourth-order valence-corrected chi connectivity index (χ4v) is 13.5. The maximum absolute atomic E-state index is 6.53. The maximum atomic E-state index is 6.53. The molecule has 0 amide bonds. The standard InChI is InChI=1S/C57H101N3O4/c1-8-9-10-11-12-13-14-15-16-17-18-19-20-21-22-23-39-62-46-51(45-60-37-35-59-36-38-60)64-43-41-61-40-42-63-50-29-32-55(5)49(44-50)27-28-54-53(55)30-33-56(6)52(31-34-57(54,56)58-7)48(4)26-24-25-47(2)3/h12-13,15-16,27,47-48,50-54,59H,7-11,14,17-26,28-46H2,1-6H3. The Morgan fingerprint density at radius 1 is 0.781 bits per heavy atom. The number of nitrogens with zero attached hydrogens (tertiary/aromatic N) is 2. The number of ether oxygens (including phenoxy) is 4. The molecule has 1 heterocycles. The minimum absolute atomic E-state index is 0.0347. The molecule has 7 heteroatoms. The zero-order valence-corrected chi connectivity index (χ0v) is 42.7. The molecule has 5 rings (SSSR count). The Hall–Kier alpha value is -1.35. The third kappa shape index (κ3) is 15.6. The third-order valence-corrected chi connectivity index (χ3v) is 17.4. The number of hydrogen-bond acceptors (Lipinski definition) is 7. The highest BCUT2D eigenvalue weighted by atomic mass is 16.6. The summed E-state index contributed by atoms with van der Waals surface area (Å²) in [5.74, 6) is 3.69. The molecule has 1 aliphatic heterocycles. The van der Waals surface area contributed by atoms with Crippen LogP contribution in [-0.2, 0) is 18.9 Å². The molecular formula is C57H101N3O4. The lowest BCUT2D eigenvalue weighted by Crippen LogP contribution is -2.60. The molecule has 4 fully saturated rings. The van der Waals surface area contributed by atoms with E-state index < -0.39 is 0 Å². The second-order valence-corrected chi connectivity index (χ2v) is 22.1. The lowest BCUT2D eigenvalue weighted by molar-refractivity contribution is -0.0818. The Labute approximate surface area is 395 Å². The number of allylic oxidation sites excluding steroid dienone is 5. The Morgan fingerprint density at radius 2 is 1.52 bits per heavy atom. The van der Waals surface area contributed by atoms with E-state index in [1.54, 1.807) is 5.57 Å².